The first-order chi connectivity index (χ1) is 12.1. The van der Waals surface area contributed by atoms with Crippen LogP contribution in [-0.4, -0.2) is 26.9 Å². The zero-order valence-corrected chi connectivity index (χ0v) is 13.7. The third-order valence-corrected chi connectivity index (χ3v) is 3.64. The molecule has 2 N–H and O–H groups in total. The maximum Gasteiger partial charge on any atom is 0.274 e. The fraction of sp³-hybridized carbons (Fsp3) is 0.118. The second-order valence-electron chi connectivity index (χ2n) is 5.26. The van der Waals surface area contributed by atoms with Gasteiger partial charge in [0.25, 0.3) is 5.69 Å². The van der Waals surface area contributed by atoms with E-state index in [1.54, 1.807) is 38.4 Å². The van der Waals surface area contributed by atoms with E-state index in [4.69, 9.17) is 0 Å². The molecule has 2 aromatic heterocycles. The molecule has 25 heavy (non-hydrogen) atoms. The van der Waals surface area contributed by atoms with E-state index in [2.05, 4.69) is 25.6 Å². The van der Waals surface area contributed by atoms with Gasteiger partial charge in [-0.15, -0.1) is 0 Å². The second kappa shape index (κ2) is 6.91. The number of nitrogens with one attached hydrogen (secondary N) is 2. The Morgan fingerprint density at radius 3 is 2.60 bits per heavy atom. The number of nitro groups is 1. The first kappa shape index (κ1) is 16.3. The lowest BCUT2D eigenvalue weighted by atomic mass is 10.1. The highest BCUT2D eigenvalue weighted by atomic mass is 16.6. The number of rotatable bonds is 5. The van der Waals surface area contributed by atoms with E-state index in [0.29, 0.717) is 34.4 Å². The maximum absolute atomic E-state index is 11.1. The molecule has 8 heteroatoms. The molecule has 0 amide bonds. The van der Waals surface area contributed by atoms with E-state index in [1.165, 1.54) is 6.07 Å². The van der Waals surface area contributed by atoms with Gasteiger partial charge in [0.1, 0.15) is 5.82 Å². The zero-order valence-electron chi connectivity index (χ0n) is 13.7. The van der Waals surface area contributed by atoms with Gasteiger partial charge >= 0.3 is 0 Å². The van der Waals surface area contributed by atoms with Crippen molar-refractivity contribution >= 4 is 23.1 Å². The quantitative estimate of drug-likeness (QED) is 0.542. The first-order valence-corrected chi connectivity index (χ1v) is 7.58. The molecular weight excluding hydrogens is 320 g/mol. The van der Waals surface area contributed by atoms with Gasteiger partial charge < -0.3 is 10.6 Å². The Morgan fingerprint density at radius 1 is 1.08 bits per heavy atom. The summed E-state index contributed by atoms with van der Waals surface area (Å²) in [6, 6.07) is 12.2. The molecule has 8 nitrogen and oxygen atoms in total. The molecule has 1 aromatic carbocycles. The van der Waals surface area contributed by atoms with Crippen molar-refractivity contribution in [2.24, 2.45) is 0 Å². The molecule has 0 spiro atoms. The molecule has 3 rings (SSSR count). The topological polar surface area (TPSA) is 106 Å². The van der Waals surface area contributed by atoms with Gasteiger partial charge in [-0.25, -0.2) is 4.98 Å². The highest BCUT2D eigenvalue weighted by Gasteiger charge is 2.14. The Labute approximate surface area is 144 Å². The average molecular weight is 336 g/mol. The monoisotopic (exact) mass is 336 g/mol. The fourth-order valence-electron chi connectivity index (χ4n) is 2.36. The highest BCUT2D eigenvalue weighted by Crippen LogP contribution is 2.28. The Kier molecular flexibility index (Phi) is 4.51. The van der Waals surface area contributed by atoms with E-state index in [1.807, 2.05) is 18.2 Å². The van der Waals surface area contributed by atoms with Crippen LogP contribution in [-0.2, 0) is 0 Å². The molecular formula is C17H16N6O2. The van der Waals surface area contributed by atoms with Crippen molar-refractivity contribution in [2.45, 2.75) is 6.92 Å². The number of benzene rings is 1. The second-order valence-corrected chi connectivity index (χ2v) is 5.26. The summed E-state index contributed by atoms with van der Waals surface area (Å²) in [5, 5.41) is 17.1. The highest BCUT2D eigenvalue weighted by molar-refractivity contribution is 5.69. The molecule has 126 valence electrons. The van der Waals surface area contributed by atoms with E-state index < -0.39 is 4.92 Å². The molecule has 0 aliphatic heterocycles. The Bertz CT molecular complexity index is 914. The minimum absolute atomic E-state index is 0.0536. The van der Waals surface area contributed by atoms with Crippen LogP contribution in [0, 0.1) is 17.0 Å². The smallest absolute Gasteiger partial charge is 0.274 e. The third-order valence-electron chi connectivity index (χ3n) is 3.64. The van der Waals surface area contributed by atoms with Gasteiger partial charge in [-0.2, -0.15) is 4.98 Å². The van der Waals surface area contributed by atoms with Gasteiger partial charge in [-0.05, 0) is 25.1 Å². The molecule has 0 aliphatic rings. The molecule has 0 saturated heterocycles. The van der Waals surface area contributed by atoms with Crippen LogP contribution in [0.3, 0.4) is 0 Å². The van der Waals surface area contributed by atoms with Crippen LogP contribution in [0.5, 0.6) is 0 Å². The summed E-state index contributed by atoms with van der Waals surface area (Å²) < 4.78 is 0. The lowest BCUT2D eigenvalue weighted by molar-refractivity contribution is -0.385. The number of nitrogens with zero attached hydrogens (tertiary/aromatic N) is 4. The van der Waals surface area contributed by atoms with Gasteiger partial charge in [0.15, 0.2) is 0 Å². The third kappa shape index (κ3) is 3.52. The standard InChI is InChI=1S/C17H16N6O2/c1-11-12(7-5-8-15(11)23(24)25)20-16-10-14(21-17(18-2)22-16)13-6-3-4-9-19-13/h3-10H,1-2H3,(H2,18,20,21,22). The van der Waals surface area contributed by atoms with E-state index in [0.717, 1.165) is 0 Å². The molecule has 0 unspecified atom stereocenters. The van der Waals surface area contributed by atoms with Crippen LogP contribution in [0.1, 0.15) is 5.56 Å². The predicted molar refractivity (Wildman–Crippen MR) is 95.9 cm³/mol. The van der Waals surface area contributed by atoms with Crippen molar-refractivity contribution in [1.29, 1.82) is 0 Å². The Balaban J connectivity index is 2.01. The molecule has 0 atom stereocenters. The van der Waals surface area contributed by atoms with Gasteiger partial charge in [-0.1, -0.05) is 12.1 Å². The van der Waals surface area contributed by atoms with Crippen molar-refractivity contribution in [3.63, 3.8) is 0 Å². The summed E-state index contributed by atoms with van der Waals surface area (Å²) in [5.41, 5.74) is 2.56. The number of hydrogen-bond donors (Lipinski definition) is 2. The van der Waals surface area contributed by atoms with Crippen LogP contribution in [0.4, 0.5) is 23.1 Å². The fourth-order valence-corrected chi connectivity index (χ4v) is 2.36. The molecule has 0 fully saturated rings. The van der Waals surface area contributed by atoms with Gasteiger partial charge in [0, 0.05) is 31.1 Å². The lowest BCUT2D eigenvalue weighted by Crippen LogP contribution is -2.04. The van der Waals surface area contributed by atoms with E-state index >= 15 is 0 Å². The van der Waals surface area contributed by atoms with Crippen molar-refractivity contribution in [2.75, 3.05) is 17.7 Å². The summed E-state index contributed by atoms with van der Waals surface area (Å²) in [6.07, 6.45) is 1.69. The van der Waals surface area contributed by atoms with Gasteiger partial charge in [0.05, 0.1) is 21.9 Å². The van der Waals surface area contributed by atoms with Crippen molar-refractivity contribution < 1.29 is 4.92 Å². The summed E-state index contributed by atoms with van der Waals surface area (Å²) in [6.45, 7) is 1.69. The predicted octanol–water partition coefficient (Wildman–Crippen LogP) is 3.54. The molecule has 0 bridgehead atoms. The molecule has 0 aliphatic carbocycles. The van der Waals surface area contributed by atoms with Crippen molar-refractivity contribution in [3.05, 3.63) is 64.3 Å². The van der Waals surface area contributed by atoms with Crippen LogP contribution < -0.4 is 10.6 Å². The summed E-state index contributed by atoms with van der Waals surface area (Å²) >= 11 is 0. The summed E-state index contributed by atoms with van der Waals surface area (Å²) in [4.78, 5) is 23.7. The minimum atomic E-state index is -0.404. The average Bonchev–Trinajstić information content (AvgIpc) is 2.63. The lowest BCUT2D eigenvalue weighted by Gasteiger charge is -2.11. The largest absolute Gasteiger partial charge is 0.357 e. The Morgan fingerprint density at radius 2 is 1.92 bits per heavy atom. The molecule has 2 heterocycles. The summed E-state index contributed by atoms with van der Waals surface area (Å²) in [7, 11) is 1.72. The molecule has 0 radical (unpaired) electrons. The first-order valence-electron chi connectivity index (χ1n) is 7.58. The van der Waals surface area contributed by atoms with E-state index in [9.17, 15) is 10.1 Å². The van der Waals surface area contributed by atoms with Crippen molar-refractivity contribution in [1.82, 2.24) is 15.0 Å². The number of anilines is 3. The van der Waals surface area contributed by atoms with Crippen LogP contribution in [0.15, 0.2) is 48.7 Å². The number of nitro benzene ring substituents is 1. The van der Waals surface area contributed by atoms with E-state index in [-0.39, 0.29) is 5.69 Å². The molecule has 3 aromatic rings. The Hall–Kier alpha value is -3.55. The normalized spacial score (nSPS) is 10.3. The van der Waals surface area contributed by atoms with Crippen LogP contribution in [0.2, 0.25) is 0 Å². The number of aromatic nitrogens is 3. The van der Waals surface area contributed by atoms with Crippen LogP contribution in [0.25, 0.3) is 11.4 Å². The number of hydrogen-bond acceptors (Lipinski definition) is 7. The maximum atomic E-state index is 11.1. The van der Waals surface area contributed by atoms with Crippen molar-refractivity contribution in [3.8, 4) is 11.4 Å². The zero-order chi connectivity index (χ0) is 17.8. The molecule has 0 saturated carbocycles. The van der Waals surface area contributed by atoms with Gasteiger partial charge in [0.2, 0.25) is 5.95 Å². The van der Waals surface area contributed by atoms with Gasteiger partial charge in [-0.3, -0.25) is 15.1 Å². The minimum Gasteiger partial charge on any atom is -0.357 e. The summed E-state index contributed by atoms with van der Waals surface area (Å²) in [5.74, 6) is 0.942. The number of pyridine rings is 1. The van der Waals surface area contributed by atoms with Crippen LogP contribution >= 0.6 is 0 Å². The SMILES string of the molecule is CNc1nc(Nc2cccc([N+](=O)[O-])c2C)cc(-c2ccccn2)n1.